The Kier molecular flexibility index (Phi) is 1.95. The van der Waals surface area contributed by atoms with Gasteiger partial charge in [0.25, 0.3) is 0 Å². The number of rotatable bonds is 0. The molecule has 0 aromatic heterocycles. The van der Waals surface area contributed by atoms with E-state index in [9.17, 15) is 0 Å². The Morgan fingerprint density at radius 2 is 0.560 bits per heavy atom. The zero-order chi connectivity index (χ0) is 16.6. The Labute approximate surface area is 143 Å². The molecule has 3 heterocycles. The third-order valence-electron chi connectivity index (χ3n) is 4.26. The maximum absolute atomic E-state index is 6.22. The molecule has 0 N–H and O–H groups in total. The van der Waals surface area contributed by atoms with E-state index in [0.717, 1.165) is 0 Å². The average molecular weight is 399 g/mol. The van der Waals surface area contributed by atoms with Crippen molar-refractivity contribution in [1.82, 2.24) is 0 Å². The first-order chi connectivity index (χ1) is 12.1. The van der Waals surface area contributed by atoms with Crippen LogP contribution in [0.15, 0.2) is 72.8 Å². The average Bonchev–Trinajstić information content (AvgIpc) is 3.18. The normalized spacial score (nSPS) is 23.5. The summed E-state index contributed by atoms with van der Waals surface area (Å²) < 4.78 is 37.3. The molecule has 0 amide bonds. The van der Waals surface area contributed by atoms with Gasteiger partial charge in [0.2, 0.25) is 0 Å². The molecule has 0 saturated carbocycles. The Bertz CT molecular complexity index is 846. The van der Waals surface area contributed by atoms with Crippen LogP contribution in [0.5, 0.6) is 34.5 Å². The molecule has 0 fully saturated rings. The molecule has 3 aliphatic heterocycles. The summed E-state index contributed by atoms with van der Waals surface area (Å²) in [6, 6.07) is 21.5. The van der Waals surface area contributed by atoms with Crippen LogP contribution in [0.1, 0.15) is 0 Å². The molecule has 3 aliphatic rings. The third kappa shape index (κ3) is 1.47. The zero-order valence-corrected chi connectivity index (χ0v) is 14.7. The standard InChI is InChI=1S/C18H12AsO6/c1-2-8-14-13(7-1)20-19(21-14,22-15-9-3-4-10-16(15)23-19)24-17-11-5-6-12-18(17)25-19/h1-12H/q-1. The molecule has 0 unspecified atom stereocenters. The van der Waals surface area contributed by atoms with E-state index in [1.807, 2.05) is 36.4 Å². The van der Waals surface area contributed by atoms with Crippen molar-refractivity contribution < 1.29 is 22.4 Å². The van der Waals surface area contributed by atoms with E-state index >= 15 is 0 Å². The molecule has 6 nitrogen and oxygen atoms in total. The van der Waals surface area contributed by atoms with Crippen molar-refractivity contribution in [2.24, 2.45) is 0 Å². The van der Waals surface area contributed by atoms with Gasteiger partial charge in [-0.3, -0.25) is 0 Å². The van der Waals surface area contributed by atoms with Gasteiger partial charge in [-0.05, 0) is 0 Å². The number of fused-ring (bicyclic) bond motifs is 3. The van der Waals surface area contributed by atoms with E-state index in [2.05, 4.69) is 0 Å². The molecule has 25 heavy (non-hydrogen) atoms. The minimum absolute atomic E-state index is 0.447. The van der Waals surface area contributed by atoms with Crippen LogP contribution in [-0.4, -0.2) is 13.4 Å². The van der Waals surface area contributed by atoms with Gasteiger partial charge in [-0.15, -0.1) is 0 Å². The van der Waals surface area contributed by atoms with Crippen molar-refractivity contribution >= 4 is 13.4 Å². The summed E-state index contributed by atoms with van der Waals surface area (Å²) in [5.41, 5.74) is 0. The van der Waals surface area contributed by atoms with E-state index < -0.39 is 13.4 Å². The van der Waals surface area contributed by atoms with Gasteiger partial charge < -0.3 is 0 Å². The zero-order valence-electron chi connectivity index (χ0n) is 12.8. The Hall–Kier alpha value is -2.98. The second-order valence-electron chi connectivity index (χ2n) is 6.01. The molecule has 0 saturated heterocycles. The fraction of sp³-hybridized carbons (Fsp3) is 0. The van der Waals surface area contributed by atoms with Crippen molar-refractivity contribution in [2.75, 3.05) is 0 Å². The van der Waals surface area contributed by atoms with Crippen molar-refractivity contribution in [3.63, 3.8) is 0 Å². The fourth-order valence-corrected chi connectivity index (χ4v) is 11.4. The third-order valence-corrected chi connectivity index (χ3v) is 11.4. The van der Waals surface area contributed by atoms with Crippen LogP contribution >= 0.6 is 0 Å². The van der Waals surface area contributed by atoms with Gasteiger partial charge >= 0.3 is 143 Å². The molecule has 0 atom stereocenters. The fourth-order valence-electron chi connectivity index (χ4n) is 3.29. The summed E-state index contributed by atoms with van der Waals surface area (Å²) in [5, 5.41) is 0. The first kappa shape index (κ1) is 13.3. The SMILES string of the molecule is c1ccc2c(c1)O[As-]13(O2)(Oc2ccccc2O1)Oc1ccccc1O3. The van der Waals surface area contributed by atoms with Gasteiger partial charge in [-0.2, -0.15) is 0 Å². The summed E-state index contributed by atoms with van der Waals surface area (Å²) in [7, 11) is 0. The molecule has 6 rings (SSSR count). The van der Waals surface area contributed by atoms with E-state index in [1.165, 1.54) is 0 Å². The van der Waals surface area contributed by atoms with E-state index in [1.54, 1.807) is 36.4 Å². The molecule has 0 radical (unpaired) electrons. The topological polar surface area (TPSA) is 55.4 Å². The molecular weight excluding hydrogens is 387 g/mol. The van der Waals surface area contributed by atoms with E-state index in [0.29, 0.717) is 34.5 Å². The second-order valence-corrected chi connectivity index (χ2v) is 13.0. The molecule has 3 aromatic rings. The molecule has 3 aromatic carbocycles. The summed E-state index contributed by atoms with van der Waals surface area (Å²) in [4.78, 5) is 0. The molecule has 0 bridgehead atoms. The predicted molar refractivity (Wildman–Crippen MR) is 88.8 cm³/mol. The van der Waals surface area contributed by atoms with E-state index in [4.69, 9.17) is 22.4 Å². The van der Waals surface area contributed by atoms with Crippen molar-refractivity contribution in [3.05, 3.63) is 72.8 Å². The van der Waals surface area contributed by atoms with Crippen LogP contribution in [0.2, 0.25) is 0 Å². The van der Waals surface area contributed by atoms with Crippen LogP contribution < -0.4 is 22.4 Å². The van der Waals surface area contributed by atoms with Crippen LogP contribution in [0.4, 0.5) is 0 Å². The van der Waals surface area contributed by atoms with Gasteiger partial charge in [0.05, 0.1) is 0 Å². The van der Waals surface area contributed by atoms with E-state index in [-0.39, 0.29) is 0 Å². The summed E-state index contributed by atoms with van der Waals surface area (Å²) in [6.07, 6.45) is 0. The summed E-state index contributed by atoms with van der Waals surface area (Å²) in [5.74, 6) is 2.68. The van der Waals surface area contributed by atoms with Crippen molar-refractivity contribution in [1.29, 1.82) is 0 Å². The monoisotopic (exact) mass is 399 g/mol. The molecular formula is C18H12AsO6-. The maximum atomic E-state index is 6.22. The summed E-state index contributed by atoms with van der Waals surface area (Å²) >= 11 is -6.17. The molecule has 0 aliphatic carbocycles. The van der Waals surface area contributed by atoms with Crippen LogP contribution in [0, 0.1) is 0 Å². The first-order valence-electron chi connectivity index (χ1n) is 7.80. The quantitative estimate of drug-likeness (QED) is 0.537. The van der Waals surface area contributed by atoms with Gasteiger partial charge in [-0.1, -0.05) is 0 Å². The predicted octanol–water partition coefficient (Wildman–Crippen LogP) is 3.74. The number of hydrogen-bond acceptors (Lipinski definition) is 6. The number of para-hydroxylation sites is 6. The Balaban J connectivity index is 1.64. The Morgan fingerprint density at radius 3 is 0.760 bits per heavy atom. The minimum atomic E-state index is -6.17. The molecule has 1 spiro atoms. The Morgan fingerprint density at radius 1 is 0.360 bits per heavy atom. The van der Waals surface area contributed by atoms with Crippen LogP contribution in [0.3, 0.4) is 0 Å². The van der Waals surface area contributed by atoms with Gasteiger partial charge in [-0.25, -0.2) is 0 Å². The van der Waals surface area contributed by atoms with Crippen molar-refractivity contribution in [3.8, 4) is 34.5 Å². The second kappa shape index (κ2) is 3.65. The van der Waals surface area contributed by atoms with Crippen LogP contribution in [-0.2, 0) is 0 Å². The van der Waals surface area contributed by atoms with Gasteiger partial charge in [0.1, 0.15) is 0 Å². The molecule has 126 valence electrons. The first-order valence-corrected chi connectivity index (χ1v) is 12.4. The van der Waals surface area contributed by atoms with Gasteiger partial charge in [0.15, 0.2) is 0 Å². The van der Waals surface area contributed by atoms with Gasteiger partial charge in [0, 0.05) is 0 Å². The number of hydrogen-bond donors (Lipinski definition) is 0. The van der Waals surface area contributed by atoms with Crippen LogP contribution in [0.25, 0.3) is 0 Å². The molecule has 7 heteroatoms. The van der Waals surface area contributed by atoms with Crippen molar-refractivity contribution in [2.45, 2.75) is 0 Å². The summed E-state index contributed by atoms with van der Waals surface area (Å²) in [6.45, 7) is 0. The number of benzene rings is 3.